The summed E-state index contributed by atoms with van der Waals surface area (Å²) in [7, 11) is 0. The number of hydrogen-bond donors (Lipinski definition) is 1. The first-order valence-electron chi connectivity index (χ1n) is 5.78. The van der Waals surface area contributed by atoms with E-state index >= 15 is 0 Å². The Labute approximate surface area is 138 Å². The highest BCUT2D eigenvalue weighted by atomic mass is 35.5. The number of benzene rings is 1. The van der Waals surface area contributed by atoms with Crippen molar-refractivity contribution in [3.05, 3.63) is 34.6 Å². The van der Waals surface area contributed by atoms with E-state index in [1.807, 2.05) is 6.26 Å². The summed E-state index contributed by atoms with van der Waals surface area (Å²) in [4.78, 5) is 11.7. The van der Waals surface area contributed by atoms with Crippen molar-refractivity contribution in [3.63, 3.8) is 0 Å². The van der Waals surface area contributed by atoms with E-state index in [2.05, 4.69) is 15.5 Å². The van der Waals surface area contributed by atoms with Gasteiger partial charge in [0.05, 0.1) is 5.75 Å². The van der Waals surface area contributed by atoms with Gasteiger partial charge < -0.3 is 0 Å². The molecule has 0 bridgehead atoms. The number of anilines is 1. The van der Waals surface area contributed by atoms with Crippen molar-refractivity contribution in [1.29, 1.82) is 0 Å². The maximum atomic E-state index is 13.5. The van der Waals surface area contributed by atoms with Crippen LogP contribution in [0.25, 0.3) is 0 Å². The molecule has 0 radical (unpaired) electrons. The number of nitrogens with zero attached hydrogens (tertiary/aromatic N) is 2. The van der Waals surface area contributed by atoms with Gasteiger partial charge in [-0.05, 0) is 18.4 Å². The van der Waals surface area contributed by atoms with Gasteiger partial charge in [0, 0.05) is 16.3 Å². The molecule has 1 aromatic heterocycles. The predicted molar refractivity (Wildman–Crippen MR) is 87.9 cm³/mol. The molecule has 2 rings (SSSR count). The highest BCUT2D eigenvalue weighted by Crippen LogP contribution is 2.25. The lowest BCUT2D eigenvalue weighted by Crippen LogP contribution is -2.14. The van der Waals surface area contributed by atoms with Gasteiger partial charge in [0.1, 0.15) is 5.82 Å². The third-order valence-electron chi connectivity index (χ3n) is 2.37. The van der Waals surface area contributed by atoms with Crippen molar-refractivity contribution in [2.45, 2.75) is 10.1 Å². The van der Waals surface area contributed by atoms with Crippen LogP contribution in [-0.4, -0.2) is 28.1 Å². The largest absolute Gasteiger partial charge is 0.300 e. The number of nitrogens with one attached hydrogen (secondary N) is 1. The molecule has 9 heteroatoms. The zero-order valence-electron chi connectivity index (χ0n) is 10.9. The van der Waals surface area contributed by atoms with E-state index < -0.39 is 0 Å². The number of rotatable bonds is 6. The van der Waals surface area contributed by atoms with Crippen LogP contribution in [0, 0.1) is 5.82 Å². The van der Waals surface area contributed by atoms with Gasteiger partial charge in [0.15, 0.2) is 4.34 Å². The predicted octanol–water partition coefficient (Wildman–Crippen LogP) is 3.92. The Morgan fingerprint density at radius 2 is 2.29 bits per heavy atom. The molecular formula is C12H11ClFN3OS3. The van der Waals surface area contributed by atoms with E-state index in [0.717, 1.165) is 4.34 Å². The first kappa shape index (κ1) is 16.5. The summed E-state index contributed by atoms with van der Waals surface area (Å²) in [6.07, 6.45) is 1.89. The molecule has 0 aliphatic heterocycles. The number of aromatic nitrogens is 2. The summed E-state index contributed by atoms with van der Waals surface area (Å²) in [5.41, 5.74) is 0.414. The second-order valence-corrected chi connectivity index (χ2v) is 7.24. The van der Waals surface area contributed by atoms with Crippen LogP contribution in [0.3, 0.4) is 0 Å². The fourth-order valence-electron chi connectivity index (χ4n) is 1.41. The third-order valence-corrected chi connectivity index (χ3v) is 5.50. The molecule has 0 saturated carbocycles. The minimum absolute atomic E-state index is 0.193. The Morgan fingerprint density at radius 1 is 1.48 bits per heavy atom. The Kier molecular flexibility index (Phi) is 6.28. The monoisotopic (exact) mass is 363 g/mol. The van der Waals surface area contributed by atoms with Gasteiger partial charge in [0.2, 0.25) is 11.0 Å². The number of carbonyl (C=O) groups is 1. The third kappa shape index (κ3) is 4.84. The van der Waals surface area contributed by atoms with Crippen LogP contribution in [0.15, 0.2) is 22.5 Å². The standard InChI is InChI=1S/C12H11ClFN3OS3/c1-19-12-17-16-11(21-12)15-10(18)6-20-5-7-8(13)3-2-4-9(7)14/h2-4H,5-6H2,1H3,(H,15,16,18). The number of thioether (sulfide) groups is 2. The minimum Gasteiger partial charge on any atom is -0.300 e. The molecule has 2 aromatic rings. The summed E-state index contributed by atoms with van der Waals surface area (Å²) >= 11 is 9.99. The topological polar surface area (TPSA) is 54.9 Å². The zero-order chi connectivity index (χ0) is 15.2. The average molecular weight is 364 g/mol. The van der Waals surface area contributed by atoms with Gasteiger partial charge in [-0.15, -0.1) is 22.0 Å². The van der Waals surface area contributed by atoms with Crippen molar-refractivity contribution in [2.24, 2.45) is 0 Å². The first-order chi connectivity index (χ1) is 10.1. The van der Waals surface area contributed by atoms with E-state index in [-0.39, 0.29) is 17.5 Å². The first-order valence-corrected chi connectivity index (χ1v) is 9.35. The molecule has 4 nitrogen and oxygen atoms in total. The van der Waals surface area contributed by atoms with Crippen molar-refractivity contribution in [3.8, 4) is 0 Å². The smallest absolute Gasteiger partial charge is 0.236 e. The van der Waals surface area contributed by atoms with Crippen LogP contribution in [-0.2, 0) is 10.5 Å². The molecule has 1 N–H and O–H groups in total. The second kappa shape index (κ2) is 7.98. The van der Waals surface area contributed by atoms with E-state index in [4.69, 9.17) is 11.6 Å². The van der Waals surface area contributed by atoms with E-state index in [0.29, 0.717) is 21.5 Å². The number of hydrogen-bond acceptors (Lipinski definition) is 6. The Hall–Kier alpha value is -0.830. The van der Waals surface area contributed by atoms with Crippen LogP contribution in [0.1, 0.15) is 5.56 Å². The quantitative estimate of drug-likeness (QED) is 0.622. The van der Waals surface area contributed by atoms with Crippen LogP contribution in [0.4, 0.5) is 9.52 Å². The maximum absolute atomic E-state index is 13.5. The molecule has 21 heavy (non-hydrogen) atoms. The van der Waals surface area contributed by atoms with Gasteiger partial charge in [0.25, 0.3) is 0 Å². The van der Waals surface area contributed by atoms with Crippen LogP contribution in [0.2, 0.25) is 5.02 Å². The summed E-state index contributed by atoms with van der Waals surface area (Å²) < 4.78 is 14.3. The summed E-state index contributed by atoms with van der Waals surface area (Å²) in [6, 6.07) is 4.54. The number of carbonyl (C=O) groups excluding carboxylic acids is 1. The fourth-order valence-corrected chi connectivity index (χ4v) is 3.77. The Bertz CT molecular complexity index is 618. The van der Waals surface area contributed by atoms with Gasteiger partial charge in [-0.3, -0.25) is 10.1 Å². The molecule has 0 fully saturated rings. The van der Waals surface area contributed by atoms with Crippen LogP contribution >= 0.6 is 46.5 Å². The van der Waals surface area contributed by atoms with E-state index in [1.54, 1.807) is 12.1 Å². The molecule has 0 saturated heterocycles. The van der Waals surface area contributed by atoms with Gasteiger partial charge in [-0.25, -0.2) is 4.39 Å². The van der Waals surface area contributed by atoms with Gasteiger partial charge in [-0.1, -0.05) is 40.8 Å². The van der Waals surface area contributed by atoms with Crippen LogP contribution in [0.5, 0.6) is 0 Å². The Morgan fingerprint density at radius 3 is 2.95 bits per heavy atom. The molecular weight excluding hydrogens is 353 g/mol. The summed E-state index contributed by atoms with van der Waals surface area (Å²) in [6.45, 7) is 0. The molecule has 1 aromatic carbocycles. The molecule has 0 aliphatic carbocycles. The zero-order valence-corrected chi connectivity index (χ0v) is 14.1. The maximum Gasteiger partial charge on any atom is 0.236 e. The lowest BCUT2D eigenvalue weighted by atomic mass is 10.2. The van der Waals surface area contributed by atoms with Crippen molar-refractivity contribution in [1.82, 2.24) is 10.2 Å². The van der Waals surface area contributed by atoms with Gasteiger partial charge >= 0.3 is 0 Å². The molecule has 1 heterocycles. The van der Waals surface area contributed by atoms with Crippen molar-refractivity contribution < 1.29 is 9.18 Å². The SMILES string of the molecule is CSc1nnc(NC(=O)CSCc2c(F)cccc2Cl)s1. The fraction of sp³-hybridized carbons (Fsp3) is 0.250. The molecule has 1 amide bonds. The van der Waals surface area contributed by atoms with E-state index in [9.17, 15) is 9.18 Å². The lowest BCUT2D eigenvalue weighted by Gasteiger charge is -2.05. The average Bonchev–Trinajstić information content (AvgIpc) is 2.89. The van der Waals surface area contributed by atoms with Crippen molar-refractivity contribution >= 4 is 57.5 Å². The van der Waals surface area contributed by atoms with Crippen LogP contribution < -0.4 is 5.32 Å². The summed E-state index contributed by atoms with van der Waals surface area (Å²) in [5.74, 6) is -0.0235. The number of halogens is 2. The second-order valence-electron chi connectivity index (χ2n) is 3.82. The summed E-state index contributed by atoms with van der Waals surface area (Å²) in [5, 5.41) is 11.2. The number of amides is 1. The lowest BCUT2D eigenvalue weighted by molar-refractivity contribution is -0.113. The Balaban J connectivity index is 1.81. The molecule has 0 aliphatic rings. The van der Waals surface area contributed by atoms with Gasteiger partial charge in [-0.2, -0.15) is 0 Å². The molecule has 112 valence electrons. The normalized spacial score (nSPS) is 10.6. The molecule has 0 unspecified atom stereocenters. The van der Waals surface area contributed by atoms with Crippen molar-refractivity contribution in [2.75, 3.05) is 17.3 Å². The molecule has 0 atom stereocenters. The minimum atomic E-state index is -0.357. The molecule has 0 spiro atoms. The van der Waals surface area contributed by atoms with E-state index in [1.165, 1.54) is 40.9 Å². The highest BCUT2D eigenvalue weighted by Gasteiger charge is 2.10. The highest BCUT2D eigenvalue weighted by molar-refractivity contribution is 8.00.